The highest BCUT2D eigenvalue weighted by atomic mass is 15.0. The summed E-state index contributed by atoms with van der Waals surface area (Å²) >= 11 is 0. The SMILES string of the molecule is c1ccc2c(c1)Cc1c-2ccc2c1-c1c(ccc3c1nc1c4ccncc4c4ncccc4n31)C2. The highest BCUT2D eigenvalue weighted by Crippen LogP contribution is 2.49. The zero-order valence-electron chi connectivity index (χ0n) is 18.8. The van der Waals surface area contributed by atoms with E-state index < -0.39 is 0 Å². The summed E-state index contributed by atoms with van der Waals surface area (Å²) in [5.41, 5.74) is 16.3. The average molecular weight is 447 g/mol. The van der Waals surface area contributed by atoms with Crippen molar-refractivity contribution in [2.75, 3.05) is 0 Å². The van der Waals surface area contributed by atoms with Gasteiger partial charge in [0.15, 0.2) is 0 Å². The molecule has 162 valence electrons. The summed E-state index contributed by atoms with van der Waals surface area (Å²) in [5.74, 6) is 0. The normalized spacial score (nSPS) is 13.5. The fourth-order valence-corrected chi connectivity index (χ4v) is 6.52. The van der Waals surface area contributed by atoms with Gasteiger partial charge in [-0.25, -0.2) is 4.98 Å². The first-order chi connectivity index (χ1) is 17.4. The summed E-state index contributed by atoms with van der Waals surface area (Å²) in [4.78, 5) is 14.5. The molecule has 0 radical (unpaired) electrons. The molecule has 0 saturated heterocycles. The Hall–Kier alpha value is -4.57. The number of fused-ring (bicyclic) bond motifs is 16. The zero-order valence-corrected chi connectivity index (χ0v) is 18.8. The minimum Gasteiger partial charge on any atom is -0.290 e. The Balaban J connectivity index is 1.45. The predicted octanol–water partition coefficient (Wildman–Crippen LogP) is 6.73. The minimum atomic E-state index is 0.958. The van der Waals surface area contributed by atoms with E-state index in [2.05, 4.69) is 70.0 Å². The number of hydrogen-bond donors (Lipinski definition) is 0. The first kappa shape index (κ1) is 17.8. The van der Waals surface area contributed by atoms with Crippen LogP contribution in [0, 0.1) is 0 Å². The zero-order chi connectivity index (χ0) is 22.7. The van der Waals surface area contributed by atoms with Crippen LogP contribution in [0.4, 0.5) is 0 Å². The molecular formula is C31H18N4. The molecule has 4 aromatic heterocycles. The second-order valence-electron chi connectivity index (χ2n) is 9.67. The Labute approximate surface area is 200 Å². The van der Waals surface area contributed by atoms with Gasteiger partial charge in [-0.15, -0.1) is 0 Å². The van der Waals surface area contributed by atoms with Crippen LogP contribution < -0.4 is 0 Å². The maximum Gasteiger partial charge on any atom is 0.146 e. The summed E-state index contributed by atoms with van der Waals surface area (Å²) in [7, 11) is 0. The second kappa shape index (κ2) is 6.10. The van der Waals surface area contributed by atoms with Gasteiger partial charge in [-0.05, 0) is 76.1 Å². The molecule has 3 aromatic carbocycles. The standard InChI is InChI=1S/C31H18N4/c1-2-5-20-17(4-1)15-23-21(20)9-7-18-14-19-8-10-26-30(28(19)27(18)23)34-31-22-11-13-32-16-24(22)29-25(35(26)31)6-3-12-33-29/h1-13,16H,14-15H2. The van der Waals surface area contributed by atoms with E-state index in [1.807, 2.05) is 24.7 Å². The molecule has 0 atom stereocenters. The van der Waals surface area contributed by atoms with Crippen molar-refractivity contribution in [1.82, 2.24) is 19.4 Å². The maximum absolute atomic E-state index is 5.35. The van der Waals surface area contributed by atoms with Crippen LogP contribution in [0.25, 0.3) is 60.7 Å². The Bertz CT molecular complexity index is 2070. The van der Waals surface area contributed by atoms with Crippen LogP contribution >= 0.6 is 0 Å². The van der Waals surface area contributed by atoms with Crippen molar-refractivity contribution in [2.45, 2.75) is 12.8 Å². The summed E-state index contributed by atoms with van der Waals surface area (Å²) in [6, 6.07) is 24.2. The number of aromatic nitrogens is 4. The van der Waals surface area contributed by atoms with Crippen molar-refractivity contribution >= 4 is 38.5 Å². The first-order valence-electron chi connectivity index (χ1n) is 12.0. The van der Waals surface area contributed by atoms with Crippen molar-refractivity contribution in [3.63, 3.8) is 0 Å². The number of rotatable bonds is 0. The fraction of sp³-hybridized carbons (Fsp3) is 0.0645. The van der Waals surface area contributed by atoms with Gasteiger partial charge in [0.2, 0.25) is 0 Å². The van der Waals surface area contributed by atoms with Gasteiger partial charge in [-0.1, -0.05) is 42.5 Å². The van der Waals surface area contributed by atoms with Gasteiger partial charge in [0.05, 0.1) is 22.1 Å². The van der Waals surface area contributed by atoms with Crippen LogP contribution in [-0.4, -0.2) is 19.4 Å². The first-order valence-corrected chi connectivity index (χ1v) is 12.0. The van der Waals surface area contributed by atoms with Crippen molar-refractivity contribution in [2.24, 2.45) is 0 Å². The van der Waals surface area contributed by atoms with E-state index in [1.165, 1.54) is 44.5 Å². The van der Waals surface area contributed by atoms with E-state index in [-0.39, 0.29) is 0 Å². The topological polar surface area (TPSA) is 43.1 Å². The molecule has 0 N–H and O–H groups in total. The molecule has 0 saturated carbocycles. The van der Waals surface area contributed by atoms with E-state index in [1.54, 1.807) is 0 Å². The van der Waals surface area contributed by atoms with Crippen LogP contribution in [0.3, 0.4) is 0 Å². The van der Waals surface area contributed by atoms with Crippen LogP contribution in [0.2, 0.25) is 0 Å². The van der Waals surface area contributed by atoms with E-state index in [9.17, 15) is 0 Å². The minimum absolute atomic E-state index is 0.958. The molecule has 4 nitrogen and oxygen atoms in total. The van der Waals surface area contributed by atoms with Gasteiger partial charge in [-0.3, -0.25) is 14.4 Å². The smallest absolute Gasteiger partial charge is 0.146 e. The second-order valence-corrected chi connectivity index (χ2v) is 9.67. The van der Waals surface area contributed by atoms with Crippen molar-refractivity contribution in [3.05, 3.63) is 108 Å². The van der Waals surface area contributed by atoms with Crippen molar-refractivity contribution in [3.8, 4) is 22.3 Å². The van der Waals surface area contributed by atoms with Crippen LogP contribution in [0.15, 0.2) is 85.3 Å². The Morgan fingerprint density at radius 3 is 2.51 bits per heavy atom. The van der Waals surface area contributed by atoms with Crippen LogP contribution in [0.5, 0.6) is 0 Å². The molecule has 4 heteroatoms. The summed E-state index contributed by atoms with van der Waals surface area (Å²) < 4.78 is 2.29. The molecule has 0 aliphatic heterocycles. The van der Waals surface area contributed by atoms with Gasteiger partial charge < -0.3 is 0 Å². The Morgan fingerprint density at radius 1 is 0.629 bits per heavy atom. The molecule has 7 aromatic rings. The fourth-order valence-electron chi connectivity index (χ4n) is 6.52. The Morgan fingerprint density at radius 2 is 1.51 bits per heavy atom. The number of benzene rings is 3. The lowest BCUT2D eigenvalue weighted by Gasteiger charge is -2.10. The lowest BCUT2D eigenvalue weighted by molar-refractivity contribution is 1.23. The van der Waals surface area contributed by atoms with Crippen LogP contribution in [0.1, 0.15) is 22.3 Å². The van der Waals surface area contributed by atoms with Gasteiger partial charge in [0.1, 0.15) is 5.65 Å². The predicted molar refractivity (Wildman–Crippen MR) is 140 cm³/mol. The number of imidazole rings is 1. The van der Waals surface area contributed by atoms with E-state index in [0.29, 0.717) is 0 Å². The highest BCUT2D eigenvalue weighted by molar-refractivity contribution is 6.13. The summed E-state index contributed by atoms with van der Waals surface area (Å²) in [6.07, 6.45) is 7.56. The van der Waals surface area contributed by atoms with Crippen molar-refractivity contribution < 1.29 is 0 Å². The molecule has 0 spiro atoms. The average Bonchev–Trinajstić information content (AvgIpc) is 3.59. The van der Waals surface area contributed by atoms with Crippen LogP contribution in [-0.2, 0) is 12.8 Å². The molecule has 0 amide bonds. The lowest BCUT2D eigenvalue weighted by atomic mass is 9.94. The molecule has 0 fully saturated rings. The summed E-state index contributed by atoms with van der Waals surface area (Å²) in [5, 5.41) is 2.12. The molecular weight excluding hydrogens is 428 g/mol. The third-order valence-corrected chi connectivity index (χ3v) is 7.96. The quantitative estimate of drug-likeness (QED) is 0.243. The van der Waals surface area contributed by atoms with Gasteiger partial charge in [-0.2, -0.15) is 0 Å². The lowest BCUT2D eigenvalue weighted by Crippen LogP contribution is -1.93. The molecule has 2 aliphatic rings. The molecule has 9 rings (SSSR count). The largest absolute Gasteiger partial charge is 0.290 e. The third-order valence-electron chi connectivity index (χ3n) is 7.96. The number of hydrogen-bond acceptors (Lipinski definition) is 3. The molecule has 0 unspecified atom stereocenters. The molecule has 35 heavy (non-hydrogen) atoms. The monoisotopic (exact) mass is 446 g/mol. The van der Waals surface area contributed by atoms with Gasteiger partial charge in [0, 0.05) is 34.9 Å². The summed E-state index contributed by atoms with van der Waals surface area (Å²) in [6.45, 7) is 0. The number of nitrogens with zero attached hydrogens (tertiary/aromatic N) is 4. The van der Waals surface area contributed by atoms with Gasteiger partial charge >= 0.3 is 0 Å². The molecule has 4 heterocycles. The van der Waals surface area contributed by atoms with E-state index in [4.69, 9.17) is 9.97 Å². The third kappa shape index (κ3) is 2.11. The molecule has 0 bridgehead atoms. The number of pyridine rings is 3. The Kier molecular flexibility index (Phi) is 3.11. The highest BCUT2D eigenvalue weighted by Gasteiger charge is 2.30. The maximum atomic E-state index is 5.35. The van der Waals surface area contributed by atoms with Crippen molar-refractivity contribution in [1.29, 1.82) is 0 Å². The van der Waals surface area contributed by atoms with E-state index in [0.717, 1.165) is 51.3 Å². The van der Waals surface area contributed by atoms with E-state index >= 15 is 0 Å². The van der Waals surface area contributed by atoms with Gasteiger partial charge in [0.25, 0.3) is 0 Å². The molecule has 2 aliphatic carbocycles.